The number of aryl methyl sites for hydroxylation is 1. The molecule has 130 valence electrons. The zero-order valence-corrected chi connectivity index (χ0v) is 14.3. The minimum absolute atomic E-state index is 0.0241. The van der Waals surface area contributed by atoms with Crippen LogP contribution in [0.4, 0.5) is 0 Å². The van der Waals surface area contributed by atoms with E-state index < -0.39 is 0 Å². The van der Waals surface area contributed by atoms with Crippen molar-refractivity contribution in [1.29, 1.82) is 0 Å². The van der Waals surface area contributed by atoms with E-state index in [2.05, 4.69) is 36.5 Å². The number of benzene rings is 1. The molecule has 2 saturated heterocycles. The Bertz CT molecular complexity index is 579. The van der Waals surface area contributed by atoms with Gasteiger partial charge in [-0.25, -0.2) is 0 Å². The Balaban J connectivity index is 1.62. The Labute approximate surface area is 143 Å². The van der Waals surface area contributed by atoms with Gasteiger partial charge in [0.25, 0.3) is 0 Å². The number of hydrogen-bond donors (Lipinski definition) is 1. The van der Waals surface area contributed by atoms with Crippen molar-refractivity contribution in [3.63, 3.8) is 0 Å². The SMILES string of the molecule is Cc1ccc(CCN(C[C@H]2CCCO2)C(=O)[C@@H]2CCC(=O)N2)cc1. The fourth-order valence-electron chi connectivity index (χ4n) is 3.36. The Hall–Kier alpha value is -1.88. The van der Waals surface area contributed by atoms with E-state index in [0.29, 0.717) is 25.9 Å². The summed E-state index contributed by atoms with van der Waals surface area (Å²) in [6.45, 7) is 4.13. The summed E-state index contributed by atoms with van der Waals surface area (Å²) in [4.78, 5) is 26.1. The maximum absolute atomic E-state index is 12.8. The van der Waals surface area contributed by atoms with Crippen LogP contribution in [-0.4, -0.2) is 48.6 Å². The molecule has 2 aliphatic heterocycles. The van der Waals surface area contributed by atoms with Gasteiger partial charge in [0.1, 0.15) is 6.04 Å². The lowest BCUT2D eigenvalue weighted by molar-refractivity contribution is -0.135. The standard InChI is InChI=1S/C19H26N2O3/c1-14-4-6-15(7-5-14)10-11-21(13-16-3-2-12-24-16)19(23)17-8-9-18(22)20-17/h4-7,16-17H,2-3,8-13H2,1H3,(H,20,22)/t16-,17+/m1/s1. The predicted octanol–water partition coefficient (Wildman–Crippen LogP) is 1.82. The second-order valence-electron chi connectivity index (χ2n) is 6.81. The van der Waals surface area contributed by atoms with Crippen molar-refractivity contribution >= 4 is 11.8 Å². The zero-order chi connectivity index (χ0) is 16.9. The molecule has 0 saturated carbocycles. The van der Waals surface area contributed by atoms with Crippen LogP contribution in [0.1, 0.15) is 36.8 Å². The van der Waals surface area contributed by atoms with E-state index in [1.807, 2.05) is 4.90 Å². The summed E-state index contributed by atoms with van der Waals surface area (Å²) in [6, 6.07) is 8.05. The van der Waals surface area contributed by atoms with Crippen LogP contribution in [0, 0.1) is 6.92 Å². The molecule has 0 spiro atoms. The smallest absolute Gasteiger partial charge is 0.245 e. The van der Waals surface area contributed by atoms with Crippen molar-refractivity contribution in [3.8, 4) is 0 Å². The molecular weight excluding hydrogens is 304 g/mol. The summed E-state index contributed by atoms with van der Waals surface area (Å²) >= 11 is 0. The van der Waals surface area contributed by atoms with Crippen LogP contribution in [0.15, 0.2) is 24.3 Å². The van der Waals surface area contributed by atoms with Crippen LogP contribution in [0.3, 0.4) is 0 Å². The van der Waals surface area contributed by atoms with Crippen molar-refractivity contribution in [2.24, 2.45) is 0 Å². The lowest BCUT2D eigenvalue weighted by Gasteiger charge is -2.28. The average Bonchev–Trinajstić information content (AvgIpc) is 3.24. The van der Waals surface area contributed by atoms with Gasteiger partial charge in [-0.05, 0) is 38.2 Å². The summed E-state index contributed by atoms with van der Waals surface area (Å²) in [5, 5.41) is 2.79. The third kappa shape index (κ3) is 4.35. The third-order valence-corrected chi connectivity index (χ3v) is 4.84. The van der Waals surface area contributed by atoms with E-state index in [0.717, 1.165) is 25.9 Å². The van der Waals surface area contributed by atoms with Crippen LogP contribution in [0.5, 0.6) is 0 Å². The number of ether oxygens (including phenoxy) is 1. The van der Waals surface area contributed by atoms with Crippen LogP contribution >= 0.6 is 0 Å². The van der Waals surface area contributed by atoms with Gasteiger partial charge in [0.2, 0.25) is 11.8 Å². The first-order chi connectivity index (χ1) is 11.6. The highest BCUT2D eigenvalue weighted by Gasteiger charge is 2.32. The number of hydrogen-bond acceptors (Lipinski definition) is 3. The highest BCUT2D eigenvalue weighted by Crippen LogP contribution is 2.17. The van der Waals surface area contributed by atoms with Crippen molar-refractivity contribution in [2.75, 3.05) is 19.7 Å². The molecule has 3 rings (SSSR count). The molecule has 0 aliphatic carbocycles. The monoisotopic (exact) mass is 330 g/mol. The highest BCUT2D eigenvalue weighted by molar-refractivity contribution is 5.90. The first-order valence-corrected chi connectivity index (χ1v) is 8.87. The van der Waals surface area contributed by atoms with Gasteiger partial charge in [0, 0.05) is 26.1 Å². The largest absolute Gasteiger partial charge is 0.376 e. The Kier molecular flexibility index (Phi) is 5.51. The van der Waals surface area contributed by atoms with Gasteiger partial charge in [0.05, 0.1) is 6.10 Å². The molecule has 0 bridgehead atoms. The number of rotatable bonds is 6. The maximum Gasteiger partial charge on any atom is 0.245 e. The molecule has 1 N–H and O–H groups in total. The molecule has 0 unspecified atom stereocenters. The molecule has 5 nitrogen and oxygen atoms in total. The molecule has 2 amide bonds. The Morgan fingerprint density at radius 1 is 1.29 bits per heavy atom. The summed E-state index contributed by atoms with van der Waals surface area (Å²) in [5.74, 6) is 0.00686. The van der Waals surface area contributed by atoms with Crippen LogP contribution in [-0.2, 0) is 20.7 Å². The summed E-state index contributed by atoms with van der Waals surface area (Å²) in [7, 11) is 0. The normalized spacial score (nSPS) is 23.3. The lowest BCUT2D eigenvalue weighted by atomic mass is 10.1. The number of carbonyl (C=O) groups is 2. The molecule has 24 heavy (non-hydrogen) atoms. The molecule has 2 atom stereocenters. The van der Waals surface area contributed by atoms with E-state index in [1.165, 1.54) is 11.1 Å². The first-order valence-electron chi connectivity index (χ1n) is 8.87. The minimum atomic E-state index is -0.364. The zero-order valence-electron chi connectivity index (χ0n) is 14.3. The van der Waals surface area contributed by atoms with Gasteiger partial charge in [-0.2, -0.15) is 0 Å². The van der Waals surface area contributed by atoms with Gasteiger partial charge < -0.3 is 15.0 Å². The molecule has 2 aliphatic rings. The number of carbonyl (C=O) groups excluding carboxylic acids is 2. The average molecular weight is 330 g/mol. The molecule has 1 aromatic rings. The van der Waals surface area contributed by atoms with Crippen molar-refractivity contribution in [3.05, 3.63) is 35.4 Å². The van der Waals surface area contributed by atoms with Crippen LogP contribution < -0.4 is 5.32 Å². The summed E-state index contributed by atoms with van der Waals surface area (Å²) in [5.41, 5.74) is 2.46. The molecule has 1 aromatic carbocycles. The Morgan fingerprint density at radius 3 is 2.71 bits per heavy atom. The van der Waals surface area contributed by atoms with Crippen molar-refractivity contribution in [1.82, 2.24) is 10.2 Å². The predicted molar refractivity (Wildman–Crippen MR) is 91.6 cm³/mol. The molecule has 0 radical (unpaired) electrons. The second kappa shape index (κ2) is 7.79. The van der Waals surface area contributed by atoms with E-state index in [-0.39, 0.29) is 24.0 Å². The van der Waals surface area contributed by atoms with E-state index >= 15 is 0 Å². The fourth-order valence-corrected chi connectivity index (χ4v) is 3.36. The molecule has 2 heterocycles. The minimum Gasteiger partial charge on any atom is -0.376 e. The highest BCUT2D eigenvalue weighted by atomic mass is 16.5. The number of amides is 2. The molecule has 2 fully saturated rings. The van der Waals surface area contributed by atoms with Gasteiger partial charge in [-0.3, -0.25) is 9.59 Å². The van der Waals surface area contributed by atoms with E-state index in [4.69, 9.17) is 4.74 Å². The van der Waals surface area contributed by atoms with Gasteiger partial charge in [0.15, 0.2) is 0 Å². The van der Waals surface area contributed by atoms with Crippen LogP contribution in [0.2, 0.25) is 0 Å². The summed E-state index contributed by atoms with van der Waals surface area (Å²) < 4.78 is 5.70. The van der Waals surface area contributed by atoms with Gasteiger partial charge in [-0.1, -0.05) is 29.8 Å². The Morgan fingerprint density at radius 2 is 2.08 bits per heavy atom. The first kappa shape index (κ1) is 17.0. The van der Waals surface area contributed by atoms with E-state index in [9.17, 15) is 9.59 Å². The topological polar surface area (TPSA) is 58.6 Å². The van der Waals surface area contributed by atoms with E-state index in [1.54, 1.807) is 0 Å². The summed E-state index contributed by atoms with van der Waals surface area (Å²) in [6.07, 6.45) is 4.06. The quantitative estimate of drug-likeness (QED) is 0.866. The van der Waals surface area contributed by atoms with Crippen molar-refractivity contribution < 1.29 is 14.3 Å². The van der Waals surface area contributed by atoms with Gasteiger partial charge in [-0.15, -0.1) is 0 Å². The molecule has 5 heteroatoms. The molecular formula is C19H26N2O3. The van der Waals surface area contributed by atoms with Crippen LogP contribution in [0.25, 0.3) is 0 Å². The maximum atomic E-state index is 12.8. The number of nitrogens with zero attached hydrogens (tertiary/aromatic N) is 1. The number of nitrogens with one attached hydrogen (secondary N) is 1. The third-order valence-electron chi connectivity index (χ3n) is 4.84. The lowest BCUT2D eigenvalue weighted by Crippen LogP contribution is -2.47. The van der Waals surface area contributed by atoms with Gasteiger partial charge >= 0.3 is 0 Å². The van der Waals surface area contributed by atoms with Crippen molar-refractivity contribution in [2.45, 2.75) is 51.2 Å². The second-order valence-corrected chi connectivity index (χ2v) is 6.81. The fraction of sp³-hybridized carbons (Fsp3) is 0.579. The molecule has 0 aromatic heterocycles.